The molecule has 0 saturated heterocycles. The molecule has 9 nitrogen and oxygen atoms in total. The molecule has 0 radical (unpaired) electrons. The Hall–Kier alpha value is -4.05. The van der Waals surface area contributed by atoms with E-state index in [9.17, 15) is 18.0 Å². The Kier molecular flexibility index (Phi) is 11.8. The highest BCUT2D eigenvalue weighted by atomic mass is 32.2. The third kappa shape index (κ3) is 8.03. The van der Waals surface area contributed by atoms with Gasteiger partial charge in [0.05, 0.1) is 24.8 Å². The van der Waals surface area contributed by atoms with Crippen LogP contribution in [0.1, 0.15) is 39.2 Å². The Morgan fingerprint density at radius 3 is 2.05 bits per heavy atom. The lowest BCUT2D eigenvalue weighted by atomic mass is 10.1. The summed E-state index contributed by atoms with van der Waals surface area (Å²) in [6.45, 7) is 5.48. The molecule has 0 heterocycles. The lowest BCUT2D eigenvalue weighted by Crippen LogP contribution is -2.54. The molecule has 2 amide bonds. The first kappa shape index (κ1) is 32.5. The Balaban J connectivity index is 2.02. The average molecular weight is 596 g/mol. The molecule has 0 bridgehead atoms. The van der Waals surface area contributed by atoms with Crippen LogP contribution in [-0.4, -0.2) is 64.5 Å². The second-order valence-electron chi connectivity index (χ2n) is 9.93. The maximum Gasteiger partial charge on any atom is 0.264 e. The Bertz CT molecular complexity index is 1420. The summed E-state index contributed by atoms with van der Waals surface area (Å²) in [7, 11) is -1.35. The van der Waals surface area contributed by atoms with Gasteiger partial charge in [0.25, 0.3) is 10.0 Å². The van der Waals surface area contributed by atoms with Gasteiger partial charge in [0.2, 0.25) is 11.8 Å². The smallest absolute Gasteiger partial charge is 0.264 e. The maximum atomic E-state index is 14.1. The molecule has 0 unspecified atom stereocenters. The summed E-state index contributed by atoms with van der Waals surface area (Å²) in [5.41, 5.74) is 1.33. The minimum Gasteiger partial charge on any atom is -0.493 e. The number of hydrogen-bond donors (Lipinski definition) is 1. The van der Waals surface area contributed by atoms with Gasteiger partial charge in [-0.2, -0.15) is 0 Å². The van der Waals surface area contributed by atoms with Gasteiger partial charge < -0.3 is 19.7 Å². The third-order valence-electron chi connectivity index (χ3n) is 7.14. The molecule has 0 fully saturated rings. The predicted molar refractivity (Wildman–Crippen MR) is 164 cm³/mol. The van der Waals surface area contributed by atoms with E-state index in [1.54, 1.807) is 30.3 Å². The summed E-state index contributed by atoms with van der Waals surface area (Å²) < 4.78 is 39.8. The van der Waals surface area contributed by atoms with Crippen molar-refractivity contribution < 1.29 is 27.5 Å². The molecular weight excluding hydrogens is 554 g/mol. The molecule has 0 spiro atoms. The molecule has 0 aliphatic rings. The summed E-state index contributed by atoms with van der Waals surface area (Å²) >= 11 is 0. The zero-order chi connectivity index (χ0) is 30.7. The number of ether oxygens (including phenoxy) is 2. The van der Waals surface area contributed by atoms with Gasteiger partial charge in [-0.1, -0.05) is 62.4 Å². The van der Waals surface area contributed by atoms with Crippen LogP contribution in [0.25, 0.3) is 0 Å². The molecule has 2 atom stereocenters. The lowest BCUT2D eigenvalue weighted by molar-refractivity contribution is -0.139. The monoisotopic (exact) mass is 595 g/mol. The first-order valence-corrected chi connectivity index (χ1v) is 15.5. The Labute approximate surface area is 249 Å². The second-order valence-corrected chi connectivity index (χ2v) is 11.8. The van der Waals surface area contributed by atoms with Crippen LogP contribution in [0.3, 0.4) is 0 Å². The first-order valence-electron chi connectivity index (χ1n) is 14.1. The van der Waals surface area contributed by atoms with Gasteiger partial charge in [0.15, 0.2) is 11.5 Å². The number of amides is 2. The van der Waals surface area contributed by atoms with Gasteiger partial charge in [0, 0.05) is 18.7 Å². The molecule has 42 heavy (non-hydrogen) atoms. The third-order valence-corrected chi connectivity index (χ3v) is 8.91. The van der Waals surface area contributed by atoms with Crippen LogP contribution in [0.15, 0.2) is 83.8 Å². The molecule has 10 heteroatoms. The fraction of sp³-hybridized carbons (Fsp3) is 0.375. The van der Waals surface area contributed by atoms with Crippen LogP contribution in [0.4, 0.5) is 5.69 Å². The summed E-state index contributed by atoms with van der Waals surface area (Å²) in [6.07, 6.45) is 1.62. The van der Waals surface area contributed by atoms with Gasteiger partial charge in [0.1, 0.15) is 12.6 Å². The number of anilines is 1. The molecule has 0 aliphatic carbocycles. The number of hydrogen-bond acceptors (Lipinski definition) is 6. The largest absolute Gasteiger partial charge is 0.493 e. The van der Waals surface area contributed by atoms with Crippen LogP contribution in [0, 0.1) is 0 Å². The molecule has 1 N–H and O–H groups in total. The number of rotatable bonds is 15. The number of carbonyl (C=O) groups excluding carboxylic acids is 2. The van der Waals surface area contributed by atoms with Crippen molar-refractivity contribution in [3.63, 3.8) is 0 Å². The quantitative estimate of drug-likeness (QED) is 0.274. The van der Waals surface area contributed by atoms with E-state index in [-0.39, 0.29) is 29.1 Å². The summed E-state index contributed by atoms with van der Waals surface area (Å²) in [5, 5.41) is 2.99. The topological polar surface area (TPSA) is 105 Å². The van der Waals surface area contributed by atoms with Gasteiger partial charge >= 0.3 is 0 Å². The van der Waals surface area contributed by atoms with E-state index in [4.69, 9.17) is 9.47 Å². The highest BCUT2D eigenvalue weighted by Crippen LogP contribution is 2.32. The minimum absolute atomic E-state index is 0.0609. The Morgan fingerprint density at radius 1 is 0.857 bits per heavy atom. The van der Waals surface area contributed by atoms with Gasteiger partial charge in [-0.25, -0.2) is 8.42 Å². The molecule has 3 aromatic carbocycles. The number of methoxy groups -OCH3 is 2. The first-order chi connectivity index (χ1) is 20.2. The van der Waals surface area contributed by atoms with Gasteiger partial charge in [-0.3, -0.25) is 13.9 Å². The van der Waals surface area contributed by atoms with E-state index < -0.39 is 28.5 Å². The second kappa shape index (κ2) is 15.3. The molecule has 226 valence electrons. The standard InChI is InChI=1S/C32H41N3O6S/c1-6-24(3)33-32(37)28(7-2)34(21-20-25-14-10-8-11-15-25)31(36)23-35(26-16-12-9-13-17-26)42(38,39)27-18-19-29(40-4)30(22-27)41-5/h8-19,22,24,28H,6-7,20-21,23H2,1-5H3,(H,33,37)/t24-,28-/m1/s1. The number of carbonyl (C=O) groups is 2. The van der Waals surface area contributed by atoms with Crippen molar-refractivity contribution in [2.24, 2.45) is 0 Å². The van der Waals surface area contributed by atoms with E-state index >= 15 is 0 Å². The summed E-state index contributed by atoms with van der Waals surface area (Å²) in [4.78, 5) is 28.9. The average Bonchev–Trinajstić information content (AvgIpc) is 3.01. The van der Waals surface area contributed by atoms with Crippen molar-refractivity contribution in [1.82, 2.24) is 10.2 Å². The van der Waals surface area contributed by atoms with Crippen molar-refractivity contribution in [3.05, 3.63) is 84.4 Å². The molecule has 3 aromatic rings. The van der Waals surface area contributed by atoms with Crippen LogP contribution in [0.2, 0.25) is 0 Å². The van der Waals surface area contributed by atoms with Crippen molar-refractivity contribution in [1.29, 1.82) is 0 Å². The predicted octanol–water partition coefficient (Wildman–Crippen LogP) is 4.66. The molecular formula is C32H41N3O6S. The van der Waals surface area contributed by atoms with E-state index in [2.05, 4.69) is 5.32 Å². The zero-order valence-electron chi connectivity index (χ0n) is 24.9. The Morgan fingerprint density at radius 2 is 1.48 bits per heavy atom. The van der Waals surface area contributed by atoms with Gasteiger partial charge in [-0.15, -0.1) is 0 Å². The van der Waals surface area contributed by atoms with E-state index in [1.807, 2.05) is 51.1 Å². The van der Waals surface area contributed by atoms with E-state index in [0.717, 1.165) is 16.3 Å². The van der Waals surface area contributed by atoms with Crippen LogP contribution < -0.4 is 19.1 Å². The van der Waals surface area contributed by atoms with E-state index in [0.29, 0.717) is 24.3 Å². The number of nitrogens with zero attached hydrogens (tertiary/aromatic N) is 2. The highest BCUT2D eigenvalue weighted by molar-refractivity contribution is 7.92. The normalized spacial score (nSPS) is 12.6. The number of nitrogens with one attached hydrogen (secondary N) is 1. The summed E-state index contributed by atoms with van der Waals surface area (Å²) in [5.74, 6) is -0.119. The highest BCUT2D eigenvalue weighted by Gasteiger charge is 2.34. The van der Waals surface area contributed by atoms with Crippen LogP contribution in [-0.2, 0) is 26.0 Å². The van der Waals surface area contributed by atoms with Gasteiger partial charge in [-0.05, 0) is 56.0 Å². The zero-order valence-corrected chi connectivity index (χ0v) is 25.8. The molecule has 0 aliphatic heterocycles. The number of sulfonamides is 1. The lowest BCUT2D eigenvalue weighted by Gasteiger charge is -2.33. The fourth-order valence-corrected chi connectivity index (χ4v) is 5.99. The van der Waals surface area contributed by atoms with Crippen LogP contribution in [0.5, 0.6) is 11.5 Å². The molecule has 0 saturated carbocycles. The van der Waals surface area contributed by atoms with Crippen molar-refractivity contribution in [3.8, 4) is 11.5 Å². The number of benzene rings is 3. The van der Waals surface area contributed by atoms with Crippen molar-refractivity contribution in [2.75, 3.05) is 31.6 Å². The van der Waals surface area contributed by atoms with Crippen LogP contribution >= 0.6 is 0 Å². The molecule has 0 aromatic heterocycles. The van der Waals surface area contributed by atoms with Crippen molar-refractivity contribution in [2.45, 2.75) is 57.0 Å². The van der Waals surface area contributed by atoms with Crippen molar-refractivity contribution >= 4 is 27.5 Å². The molecule has 3 rings (SSSR count). The van der Waals surface area contributed by atoms with E-state index in [1.165, 1.54) is 37.3 Å². The SMILES string of the molecule is CC[C@@H](C)NC(=O)[C@@H](CC)N(CCc1ccccc1)C(=O)CN(c1ccccc1)S(=O)(=O)c1ccc(OC)c(OC)c1. The fourth-order valence-electron chi connectivity index (χ4n) is 4.56. The maximum absolute atomic E-state index is 14.1. The number of para-hydroxylation sites is 1. The minimum atomic E-state index is -4.23. The summed E-state index contributed by atoms with van der Waals surface area (Å²) in [6, 6.07) is 21.6.